The molecule has 0 aliphatic rings. The summed E-state index contributed by atoms with van der Waals surface area (Å²) < 4.78 is 33.6. The first-order chi connectivity index (χ1) is 14.7. The van der Waals surface area contributed by atoms with Gasteiger partial charge in [0.1, 0.15) is 5.82 Å². The van der Waals surface area contributed by atoms with Gasteiger partial charge < -0.3 is 4.52 Å². The van der Waals surface area contributed by atoms with Gasteiger partial charge in [-0.1, -0.05) is 47.6 Å². The molecule has 6 nitrogen and oxygen atoms in total. The van der Waals surface area contributed by atoms with Crippen LogP contribution in [0.4, 0.5) is 14.5 Å². The van der Waals surface area contributed by atoms with Crippen LogP contribution in [0.3, 0.4) is 0 Å². The number of rotatable bonds is 6. The van der Waals surface area contributed by atoms with Crippen LogP contribution in [0, 0.1) is 17.2 Å². The Morgan fingerprint density at radius 1 is 0.867 bits per heavy atom. The quantitative estimate of drug-likeness (QED) is 0.358. The molecule has 1 aromatic heterocycles. The van der Waals surface area contributed by atoms with Crippen LogP contribution in [-0.2, 0) is 0 Å². The molecule has 30 heavy (non-hydrogen) atoms. The van der Waals surface area contributed by atoms with Crippen LogP contribution >= 0.6 is 0 Å². The van der Waals surface area contributed by atoms with Gasteiger partial charge in [0, 0.05) is 11.6 Å². The van der Waals surface area contributed by atoms with Gasteiger partial charge in [-0.05, 0) is 30.3 Å². The summed E-state index contributed by atoms with van der Waals surface area (Å²) in [4.78, 5) is 4.22. The van der Waals surface area contributed by atoms with Gasteiger partial charge in [0.15, 0.2) is 17.2 Å². The van der Waals surface area contributed by atoms with E-state index in [1.165, 1.54) is 18.2 Å². The molecule has 3 aromatic carbocycles. The Morgan fingerprint density at radius 3 is 2.23 bits per heavy atom. The molecule has 0 atom stereocenters. The maximum absolute atomic E-state index is 14.3. The number of halogens is 2. The molecule has 148 valence electrons. The van der Waals surface area contributed by atoms with Crippen molar-refractivity contribution in [2.75, 3.05) is 0 Å². The zero-order chi connectivity index (χ0) is 20.9. The smallest absolute Gasteiger partial charge is 0.285 e. The molecule has 0 aliphatic heterocycles. The average Bonchev–Trinajstić information content (AvgIpc) is 3.25. The molecule has 3 N–H and O–H groups in total. The first-order valence-corrected chi connectivity index (χ1v) is 9.03. The maximum atomic E-state index is 14.3. The Balaban J connectivity index is 1.84. The van der Waals surface area contributed by atoms with E-state index in [-0.39, 0.29) is 23.0 Å². The summed E-state index contributed by atoms with van der Waals surface area (Å²) in [5, 5.41) is 8.96. The number of quaternary nitrogens is 1. The van der Waals surface area contributed by atoms with Crippen LogP contribution < -0.4 is 5.32 Å². The van der Waals surface area contributed by atoms with E-state index in [0.29, 0.717) is 16.9 Å². The summed E-state index contributed by atoms with van der Waals surface area (Å²) >= 11 is 0. The highest BCUT2D eigenvalue weighted by molar-refractivity contribution is 5.83. The van der Waals surface area contributed by atoms with Crippen molar-refractivity contribution in [3.05, 3.63) is 102 Å². The van der Waals surface area contributed by atoms with Crippen molar-refractivity contribution in [2.45, 2.75) is 0 Å². The predicted molar refractivity (Wildman–Crippen MR) is 106 cm³/mol. The van der Waals surface area contributed by atoms with Crippen molar-refractivity contribution in [3.8, 4) is 11.4 Å². The standard InChI is InChI=1S/C22H15F2N5O/c23-16-11-5-4-10-15(16)21-27-22(30-29-21)20(28-25)19(14-8-2-1-3-9-14)26-18-13-7-6-12-17(18)24/h1-13,25-26H/p+1. The van der Waals surface area contributed by atoms with E-state index in [2.05, 4.69) is 15.3 Å². The van der Waals surface area contributed by atoms with Crippen molar-refractivity contribution in [3.63, 3.8) is 0 Å². The number of aromatic nitrogens is 2. The summed E-state index contributed by atoms with van der Waals surface area (Å²) in [7, 11) is 0. The van der Waals surface area contributed by atoms with Gasteiger partial charge in [-0.2, -0.15) is 4.98 Å². The van der Waals surface area contributed by atoms with Gasteiger partial charge in [-0.3, -0.25) is 5.32 Å². The van der Waals surface area contributed by atoms with Gasteiger partial charge in [-0.25, -0.2) is 14.3 Å². The van der Waals surface area contributed by atoms with Crippen molar-refractivity contribution < 1.29 is 18.6 Å². The molecule has 4 rings (SSSR count). The predicted octanol–water partition coefficient (Wildman–Crippen LogP) is 4.77. The average molecular weight is 404 g/mol. The van der Waals surface area contributed by atoms with E-state index in [0.717, 1.165) is 0 Å². The van der Waals surface area contributed by atoms with Gasteiger partial charge in [-0.15, -0.1) is 5.11 Å². The van der Waals surface area contributed by atoms with Crippen LogP contribution in [0.1, 0.15) is 11.5 Å². The van der Waals surface area contributed by atoms with Crippen LogP contribution in [0.2, 0.25) is 0 Å². The van der Waals surface area contributed by atoms with E-state index in [9.17, 15) is 8.78 Å². The molecule has 0 fully saturated rings. The second-order valence-corrected chi connectivity index (χ2v) is 6.31. The molecule has 0 radical (unpaired) electrons. The molecule has 0 bridgehead atoms. The van der Waals surface area contributed by atoms with E-state index >= 15 is 0 Å². The largest absolute Gasteiger partial charge is 0.332 e. The number of nitrogens with two attached hydrogens (primary N) is 1. The lowest BCUT2D eigenvalue weighted by Crippen LogP contribution is -2.75. The Hall–Kier alpha value is -4.04. The molecule has 0 spiro atoms. The van der Waals surface area contributed by atoms with Crippen LogP contribution in [0.25, 0.3) is 22.8 Å². The van der Waals surface area contributed by atoms with Crippen LogP contribution in [0.5, 0.6) is 0 Å². The first kappa shape index (κ1) is 19.3. The van der Waals surface area contributed by atoms with Crippen LogP contribution in [0.15, 0.2) is 88.5 Å². The van der Waals surface area contributed by atoms with Gasteiger partial charge >= 0.3 is 0 Å². The summed E-state index contributed by atoms with van der Waals surface area (Å²) in [6.45, 7) is 0. The number of hydrogen-bond acceptors (Lipinski definition) is 5. The summed E-state index contributed by atoms with van der Waals surface area (Å²) in [5.74, 6) is -0.968. The number of nitrogens with one attached hydrogen (secondary N) is 1. The molecular weight excluding hydrogens is 388 g/mol. The first-order valence-electron chi connectivity index (χ1n) is 9.03. The van der Waals surface area contributed by atoms with Crippen molar-refractivity contribution in [2.24, 2.45) is 5.11 Å². The lowest BCUT2D eigenvalue weighted by atomic mass is 10.1. The zero-order valence-corrected chi connectivity index (χ0v) is 15.6. The molecule has 0 unspecified atom stereocenters. The Kier molecular flexibility index (Phi) is 5.49. The second-order valence-electron chi connectivity index (χ2n) is 6.31. The zero-order valence-electron chi connectivity index (χ0n) is 15.6. The Morgan fingerprint density at radius 2 is 1.53 bits per heavy atom. The van der Waals surface area contributed by atoms with E-state index < -0.39 is 11.6 Å². The number of benzene rings is 3. The SMILES string of the molecule is N=NC(=C([NH2+]c1ccccc1F)c1ccccc1)c1nc(-c2ccccc2F)no1. The highest BCUT2D eigenvalue weighted by Crippen LogP contribution is 2.26. The molecule has 0 aliphatic carbocycles. The number of nitrogens with zero attached hydrogens (tertiary/aromatic N) is 3. The minimum absolute atomic E-state index is 0.0301. The Bertz CT molecular complexity index is 1220. The summed E-state index contributed by atoms with van der Waals surface area (Å²) in [6.07, 6.45) is 0. The number of hydrogen-bond donors (Lipinski definition) is 2. The fraction of sp³-hybridized carbons (Fsp3) is 0. The lowest BCUT2D eigenvalue weighted by molar-refractivity contribution is -0.471. The van der Waals surface area contributed by atoms with E-state index in [1.54, 1.807) is 47.8 Å². The minimum Gasteiger partial charge on any atom is -0.332 e. The third-order valence-electron chi connectivity index (χ3n) is 4.40. The van der Waals surface area contributed by atoms with E-state index in [4.69, 9.17) is 10.1 Å². The normalized spacial score (nSPS) is 11.8. The molecular formula is C22H16F2N5O+. The number of para-hydroxylation sites is 1. The molecule has 0 saturated carbocycles. The summed E-state index contributed by atoms with van der Waals surface area (Å²) in [5.41, 5.74) is 9.31. The molecule has 8 heteroatoms. The monoisotopic (exact) mass is 404 g/mol. The summed E-state index contributed by atoms with van der Waals surface area (Å²) in [6, 6.07) is 21.3. The highest BCUT2D eigenvalue weighted by atomic mass is 19.1. The van der Waals surface area contributed by atoms with E-state index in [1.807, 2.05) is 18.2 Å². The minimum atomic E-state index is -0.501. The third kappa shape index (κ3) is 3.89. The highest BCUT2D eigenvalue weighted by Gasteiger charge is 2.24. The fourth-order valence-electron chi connectivity index (χ4n) is 2.95. The molecule has 4 aromatic rings. The second kappa shape index (κ2) is 8.54. The topological polar surface area (TPSA) is 91.7 Å². The lowest BCUT2D eigenvalue weighted by Gasteiger charge is -2.08. The third-order valence-corrected chi connectivity index (χ3v) is 4.40. The van der Waals surface area contributed by atoms with Crippen molar-refractivity contribution in [1.82, 2.24) is 10.1 Å². The molecule has 0 saturated heterocycles. The van der Waals surface area contributed by atoms with Crippen molar-refractivity contribution >= 4 is 17.1 Å². The van der Waals surface area contributed by atoms with Gasteiger partial charge in [0.25, 0.3) is 5.89 Å². The van der Waals surface area contributed by atoms with Crippen LogP contribution in [-0.4, -0.2) is 10.1 Å². The van der Waals surface area contributed by atoms with Gasteiger partial charge in [0.05, 0.1) is 5.56 Å². The van der Waals surface area contributed by atoms with Gasteiger partial charge in [0.2, 0.25) is 11.5 Å². The Labute approximate surface area is 170 Å². The molecule has 0 amide bonds. The fourth-order valence-corrected chi connectivity index (χ4v) is 2.95. The molecule has 1 heterocycles. The van der Waals surface area contributed by atoms with Crippen molar-refractivity contribution in [1.29, 1.82) is 5.53 Å². The maximum Gasteiger partial charge on any atom is 0.285 e.